The van der Waals surface area contributed by atoms with Crippen LogP contribution >= 0.6 is 0 Å². The van der Waals surface area contributed by atoms with Gasteiger partial charge in [0.2, 0.25) is 0 Å². The van der Waals surface area contributed by atoms with Crippen molar-refractivity contribution < 1.29 is 0 Å². The highest BCUT2D eigenvalue weighted by atomic mass is 15.0. The van der Waals surface area contributed by atoms with Crippen LogP contribution in [0.25, 0.3) is 10.8 Å². The summed E-state index contributed by atoms with van der Waals surface area (Å²) in [6.07, 6.45) is 3.28. The van der Waals surface area contributed by atoms with E-state index in [1.54, 1.807) is 0 Å². The molecule has 4 aromatic carbocycles. The van der Waals surface area contributed by atoms with E-state index in [-0.39, 0.29) is 6.98 Å². The number of benzene rings is 4. The smallest absolute Gasteiger partial charge is 0.370 e. The SMILES string of the molecule is c1ccc(CCC(CB2Nc3cccc4cccc(c34)N2)c2ccccc2)cc1. The molecule has 3 heteroatoms. The summed E-state index contributed by atoms with van der Waals surface area (Å²) in [6.45, 7) is 0.219. The fourth-order valence-electron chi connectivity index (χ4n) is 4.53. The first-order chi connectivity index (χ1) is 14.4. The maximum atomic E-state index is 3.75. The Morgan fingerprint density at radius 3 is 1.93 bits per heavy atom. The lowest BCUT2D eigenvalue weighted by Gasteiger charge is -2.29. The lowest BCUT2D eigenvalue weighted by molar-refractivity contribution is 0.674. The van der Waals surface area contributed by atoms with Crippen molar-refractivity contribution in [2.45, 2.75) is 25.1 Å². The lowest BCUT2D eigenvalue weighted by atomic mass is 9.63. The third kappa shape index (κ3) is 3.86. The van der Waals surface area contributed by atoms with Crippen molar-refractivity contribution in [3.05, 3.63) is 108 Å². The highest BCUT2D eigenvalue weighted by Gasteiger charge is 2.27. The molecule has 0 saturated heterocycles. The van der Waals surface area contributed by atoms with E-state index >= 15 is 0 Å². The zero-order valence-electron chi connectivity index (χ0n) is 16.5. The van der Waals surface area contributed by atoms with E-state index in [2.05, 4.69) is 108 Å². The minimum absolute atomic E-state index is 0.219. The van der Waals surface area contributed by atoms with Gasteiger partial charge >= 0.3 is 6.98 Å². The first-order valence-electron chi connectivity index (χ1n) is 10.5. The van der Waals surface area contributed by atoms with Crippen molar-refractivity contribution >= 4 is 29.1 Å². The van der Waals surface area contributed by atoms with E-state index in [9.17, 15) is 0 Å². The largest absolute Gasteiger partial charge is 0.409 e. The molecule has 0 bridgehead atoms. The normalized spacial score (nSPS) is 13.6. The molecular formula is C26H25BN2. The van der Waals surface area contributed by atoms with E-state index in [1.807, 2.05) is 0 Å². The van der Waals surface area contributed by atoms with Crippen LogP contribution < -0.4 is 10.5 Å². The minimum atomic E-state index is 0.219. The molecule has 1 aliphatic rings. The Labute approximate surface area is 173 Å². The van der Waals surface area contributed by atoms with Crippen molar-refractivity contribution in [1.29, 1.82) is 0 Å². The van der Waals surface area contributed by atoms with Gasteiger partial charge in [-0.2, -0.15) is 0 Å². The second-order valence-electron chi connectivity index (χ2n) is 7.92. The first kappa shape index (κ1) is 17.9. The summed E-state index contributed by atoms with van der Waals surface area (Å²) in [7, 11) is 0. The van der Waals surface area contributed by atoms with Gasteiger partial charge in [0.1, 0.15) is 0 Å². The molecule has 1 unspecified atom stereocenters. The third-order valence-electron chi connectivity index (χ3n) is 5.98. The Kier molecular flexibility index (Phi) is 4.96. The molecule has 2 N–H and O–H groups in total. The third-order valence-corrected chi connectivity index (χ3v) is 5.98. The van der Waals surface area contributed by atoms with Crippen LogP contribution in [0, 0.1) is 0 Å². The average Bonchev–Trinajstić information content (AvgIpc) is 2.78. The van der Waals surface area contributed by atoms with E-state index in [0.717, 1.165) is 19.2 Å². The number of anilines is 2. The monoisotopic (exact) mass is 376 g/mol. The van der Waals surface area contributed by atoms with Crippen LogP contribution in [0.3, 0.4) is 0 Å². The summed E-state index contributed by atoms with van der Waals surface area (Å²) >= 11 is 0. The van der Waals surface area contributed by atoms with Gasteiger partial charge in [0.05, 0.1) is 0 Å². The van der Waals surface area contributed by atoms with Crippen LogP contribution in [-0.2, 0) is 6.42 Å². The topological polar surface area (TPSA) is 24.1 Å². The van der Waals surface area contributed by atoms with Crippen LogP contribution in [0.15, 0.2) is 97.1 Å². The zero-order chi connectivity index (χ0) is 19.5. The molecule has 0 aromatic heterocycles. The molecule has 1 atom stereocenters. The molecule has 2 nitrogen and oxygen atoms in total. The minimum Gasteiger partial charge on any atom is -0.409 e. The van der Waals surface area contributed by atoms with Crippen molar-refractivity contribution in [2.75, 3.05) is 10.5 Å². The van der Waals surface area contributed by atoms with Gasteiger partial charge in [-0.1, -0.05) is 84.9 Å². The molecule has 0 saturated carbocycles. The van der Waals surface area contributed by atoms with Crippen LogP contribution in [-0.4, -0.2) is 6.98 Å². The standard InChI is InChI=1S/C26H25BN2/c1-3-9-20(10-4-1)17-18-23(21-11-5-2-6-12-21)19-27-28-24-15-7-13-22-14-8-16-25(29-27)26(22)24/h1-16,23,28-29H,17-19H2. The van der Waals surface area contributed by atoms with Gasteiger partial charge < -0.3 is 10.5 Å². The molecule has 0 spiro atoms. The maximum Gasteiger partial charge on any atom is 0.370 e. The molecular weight excluding hydrogens is 351 g/mol. The second kappa shape index (κ2) is 8.04. The molecule has 142 valence electrons. The van der Waals surface area contributed by atoms with Gasteiger partial charge in [-0.3, -0.25) is 0 Å². The van der Waals surface area contributed by atoms with Crippen molar-refractivity contribution in [2.24, 2.45) is 0 Å². The highest BCUT2D eigenvalue weighted by molar-refractivity contribution is 6.68. The summed E-state index contributed by atoms with van der Waals surface area (Å²) < 4.78 is 0. The zero-order valence-corrected chi connectivity index (χ0v) is 16.5. The summed E-state index contributed by atoms with van der Waals surface area (Å²) in [5.74, 6) is 0.492. The molecule has 0 fully saturated rings. The van der Waals surface area contributed by atoms with Gasteiger partial charge in [-0.05, 0) is 53.7 Å². The molecule has 0 aliphatic carbocycles. The van der Waals surface area contributed by atoms with Gasteiger partial charge in [-0.25, -0.2) is 0 Å². The van der Waals surface area contributed by atoms with Gasteiger partial charge in [0, 0.05) is 16.8 Å². The molecule has 0 amide bonds. The quantitative estimate of drug-likeness (QED) is 0.371. The van der Waals surface area contributed by atoms with Crippen LogP contribution in [0.5, 0.6) is 0 Å². The Morgan fingerprint density at radius 2 is 1.28 bits per heavy atom. The second-order valence-corrected chi connectivity index (χ2v) is 7.92. The predicted molar refractivity (Wildman–Crippen MR) is 126 cm³/mol. The summed E-state index contributed by atoms with van der Waals surface area (Å²) in [4.78, 5) is 0. The van der Waals surface area contributed by atoms with Gasteiger partial charge in [0.15, 0.2) is 0 Å². The fourth-order valence-corrected chi connectivity index (χ4v) is 4.53. The van der Waals surface area contributed by atoms with E-state index < -0.39 is 0 Å². The van der Waals surface area contributed by atoms with Gasteiger partial charge in [0.25, 0.3) is 0 Å². The first-order valence-corrected chi connectivity index (χ1v) is 10.5. The molecule has 5 rings (SSSR count). The Balaban J connectivity index is 1.38. The molecule has 1 heterocycles. The van der Waals surface area contributed by atoms with Crippen molar-refractivity contribution in [3.8, 4) is 0 Å². The lowest BCUT2D eigenvalue weighted by Crippen LogP contribution is -2.38. The van der Waals surface area contributed by atoms with Crippen LogP contribution in [0.1, 0.15) is 23.5 Å². The highest BCUT2D eigenvalue weighted by Crippen LogP contribution is 2.36. The number of rotatable bonds is 6. The van der Waals surface area contributed by atoms with Crippen LogP contribution in [0.2, 0.25) is 6.32 Å². The van der Waals surface area contributed by atoms with Crippen molar-refractivity contribution in [3.63, 3.8) is 0 Å². The number of hydrogen-bond donors (Lipinski definition) is 2. The maximum absolute atomic E-state index is 3.75. The molecule has 29 heavy (non-hydrogen) atoms. The Hall–Kier alpha value is -3.20. The Bertz CT molecular complexity index is 1050. The molecule has 4 aromatic rings. The van der Waals surface area contributed by atoms with Crippen molar-refractivity contribution in [1.82, 2.24) is 0 Å². The number of aryl methyl sites for hydroxylation is 1. The fraction of sp³-hybridized carbons (Fsp3) is 0.154. The van der Waals surface area contributed by atoms with E-state index in [0.29, 0.717) is 5.92 Å². The summed E-state index contributed by atoms with van der Waals surface area (Å²) in [5.41, 5.74) is 5.30. The summed E-state index contributed by atoms with van der Waals surface area (Å²) in [6, 6.07) is 34.8. The van der Waals surface area contributed by atoms with Crippen LogP contribution in [0.4, 0.5) is 11.4 Å². The summed E-state index contributed by atoms with van der Waals surface area (Å²) in [5, 5.41) is 10.1. The number of hydrogen-bond acceptors (Lipinski definition) is 2. The van der Waals surface area contributed by atoms with Gasteiger partial charge in [-0.15, -0.1) is 0 Å². The van der Waals surface area contributed by atoms with E-state index in [1.165, 1.54) is 33.3 Å². The van der Waals surface area contributed by atoms with E-state index in [4.69, 9.17) is 0 Å². The predicted octanol–water partition coefficient (Wildman–Crippen LogP) is 6.58. The average molecular weight is 376 g/mol. The Morgan fingerprint density at radius 1 is 0.655 bits per heavy atom. The molecule has 1 aliphatic heterocycles. The molecule has 0 radical (unpaired) electrons. The number of nitrogens with one attached hydrogen (secondary N) is 2.